The summed E-state index contributed by atoms with van der Waals surface area (Å²) in [4.78, 5) is 22.2. The van der Waals surface area contributed by atoms with E-state index < -0.39 is 12.0 Å². The molecular formula is C13H13FN4O3. The van der Waals surface area contributed by atoms with Gasteiger partial charge in [-0.15, -0.1) is 0 Å². The highest BCUT2D eigenvalue weighted by Gasteiger charge is 2.15. The number of hydrogen-bond donors (Lipinski definition) is 4. The number of carbonyl (C=O) groups is 2. The molecule has 0 spiro atoms. The molecule has 2 amide bonds. The molecule has 110 valence electrons. The number of carboxylic acid groups (broad SMARTS) is 1. The van der Waals surface area contributed by atoms with Gasteiger partial charge < -0.3 is 15.7 Å². The van der Waals surface area contributed by atoms with E-state index in [0.29, 0.717) is 11.1 Å². The molecule has 0 radical (unpaired) electrons. The van der Waals surface area contributed by atoms with E-state index in [-0.39, 0.29) is 24.6 Å². The first-order chi connectivity index (χ1) is 10.1. The average Bonchev–Trinajstić information content (AvgIpc) is 2.93. The molecule has 0 aliphatic heterocycles. The highest BCUT2D eigenvalue weighted by Crippen LogP contribution is 2.22. The molecule has 4 N–H and O–H groups in total. The molecule has 1 aromatic carbocycles. The quantitative estimate of drug-likeness (QED) is 0.621. The van der Waals surface area contributed by atoms with Crippen LogP contribution in [0.5, 0.6) is 0 Å². The summed E-state index contributed by atoms with van der Waals surface area (Å²) in [5.41, 5.74) is 1.36. The Labute approximate surface area is 119 Å². The fraction of sp³-hybridized carbons (Fsp3) is 0.154. The minimum absolute atomic E-state index is 0.0946. The first-order valence-electron chi connectivity index (χ1n) is 6.12. The van der Waals surface area contributed by atoms with Gasteiger partial charge in [0.25, 0.3) is 5.91 Å². The number of amides is 2. The minimum Gasteiger partial charge on any atom is -0.465 e. The van der Waals surface area contributed by atoms with Crippen molar-refractivity contribution >= 4 is 12.0 Å². The molecule has 0 saturated heterocycles. The molecule has 0 atom stereocenters. The van der Waals surface area contributed by atoms with E-state index in [2.05, 4.69) is 20.8 Å². The Hall–Kier alpha value is -2.90. The Morgan fingerprint density at radius 1 is 1.19 bits per heavy atom. The Kier molecular flexibility index (Phi) is 4.50. The van der Waals surface area contributed by atoms with Crippen molar-refractivity contribution in [2.75, 3.05) is 13.1 Å². The van der Waals surface area contributed by atoms with Crippen molar-refractivity contribution in [3.8, 4) is 11.1 Å². The number of carbonyl (C=O) groups excluding carboxylic acids is 1. The second kappa shape index (κ2) is 6.51. The third kappa shape index (κ3) is 3.78. The maximum absolute atomic E-state index is 12.9. The molecule has 0 unspecified atom stereocenters. The van der Waals surface area contributed by atoms with Crippen molar-refractivity contribution in [1.29, 1.82) is 0 Å². The summed E-state index contributed by atoms with van der Waals surface area (Å²) in [7, 11) is 0. The molecule has 0 bridgehead atoms. The first kappa shape index (κ1) is 14.5. The van der Waals surface area contributed by atoms with Gasteiger partial charge in [0, 0.05) is 24.8 Å². The summed E-state index contributed by atoms with van der Waals surface area (Å²) in [6.45, 7) is 0.234. The van der Waals surface area contributed by atoms with E-state index in [4.69, 9.17) is 5.11 Å². The average molecular weight is 292 g/mol. The number of aromatic nitrogens is 2. The second-order valence-electron chi connectivity index (χ2n) is 4.14. The SMILES string of the molecule is O=C(O)NCCNC(=O)c1n[nH]cc1-c1ccc(F)cc1. The van der Waals surface area contributed by atoms with E-state index in [1.165, 1.54) is 18.3 Å². The number of H-pyrrole nitrogens is 1. The third-order valence-electron chi connectivity index (χ3n) is 2.70. The monoisotopic (exact) mass is 292 g/mol. The predicted octanol–water partition coefficient (Wildman–Crippen LogP) is 1.21. The van der Waals surface area contributed by atoms with E-state index >= 15 is 0 Å². The van der Waals surface area contributed by atoms with Gasteiger partial charge in [-0.3, -0.25) is 9.89 Å². The number of benzene rings is 1. The van der Waals surface area contributed by atoms with E-state index in [9.17, 15) is 14.0 Å². The van der Waals surface area contributed by atoms with Gasteiger partial charge in [-0.05, 0) is 17.7 Å². The van der Waals surface area contributed by atoms with Gasteiger partial charge in [0.1, 0.15) is 5.82 Å². The first-order valence-corrected chi connectivity index (χ1v) is 6.12. The van der Waals surface area contributed by atoms with Gasteiger partial charge in [-0.1, -0.05) is 12.1 Å². The fourth-order valence-electron chi connectivity index (χ4n) is 1.74. The lowest BCUT2D eigenvalue weighted by molar-refractivity contribution is 0.0949. The Bertz CT molecular complexity index is 639. The van der Waals surface area contributed by atoms with Crippen LogP contribution in [0, 0.1) is 5.82 Å². The molecule has 0 fully saturated rings. The molecule has 0 aliphatic rings. The lowest BCUT2D eigenvalue weighted by Crippen LogP contribution is -2.34. The molecule has 8 heteroatoms. The number of hydrogen-bond acceptors (Lipinski definition) is 3. The van der Waals surface area contributed by atoms with Gasteiger partial charge in [0.15, 0.2) is 5.69 Å². The molecule has 2 rings (SSSR count). The summed E-state index contributed by atoms with van der Waals surface area (Å²) in [5, 5.41) is 19.5. The van der Waals surface area contributed by atoms with Crippen LogP contribution in [0.2, 0.25) is 0 Å². The summed E-state index contributed by atoms with van der Waals surface area (Å²) >= 11 is 0. The van der Waals surface area contributed by atoms with E-state index in [1.807, 2.05) is 0 Å². The molecular weight excluding hydrogens is 279 g/mol. The van der Waals surface area contributed by atoms with Crippen LogP contribution >= 0.6 is 0 Å². The maximum Gasteiger partial charge on any atom is 0.404 e. The lowest BCUT2D eigenvalue weighted by atomic mass is 10.1. The van der Waals surface area contributed by atoms with Crippen LogP contribution in [0.3, 0.4) is 0 Å². The Morgan fingerprint density at radius 3 is 2.52 bits per heavy atom. The smallest absolute Gasteiger partial charge is 0.404 e. The standard InChI is InChI=1S/C13H13FN4O3/c14-9-3-1-8(2-4-9)10-7-17-18-11(10)12(19)15-5-6-16-13(20)21/h1-4,7,16H,5-6H2,(H,15,19)(H,17,18)(H,20,21). The number of halogens is 1. The van der Waals surface area contributed by atoms with Crippen LogP contribution in [0.1, 0.15) is 10.5 Å². The maximum atomic E-state index is 12.9. The van der Waals surface area contributed by atoms with Crippen molar-refractivity contribution in [2.45, 2.75) is 0 Å². The molecule has 1 heterocycles. The van der Waals surface area contributed by atoms with Crippen molar-refractivity contribution in [2.24, 2.45) is 0 Å². The number of nitrogens with one attached hydrogen (secondary N) is 3. The van der Waals surface area contributed by atoms with Crippen molar-refractivity contribution in [3.05, 3.63) is 42.0 Å². The minimum atomic E-state index is -1.16. The zero-order valence-electron chi connectivity index (χ0n) is 10.9. The highest BCUT2D eigenvalue weighted by molar-refractivity contribution is 5.98. The molecule has 1 aromatic heterocycles. The molecule has 2 aromatic rings. The summed E-state index contributed by atoms with van der Waals surface area (Å²) in [5.74, 6) is -0.809. The van der Waals surface area contributed by atoms with Gasteiger partial charge in [0.05, 0.1) is 0 Å². The number of rotatable bonds is 5. The van der Waals surface area contributed by atoms with Crippen LogP contribution in [-0.2, 0) is 0 Å². The summed E-state index contributed by atoms with van der Waals surface area (Å²) in [6, 6.07) is 5.67. The van der Waals surface area contributed by atoms with Gasteiger partial charge in [-0.25, -0.2) is 9.18 Å². The van der Waals surface area contributed by atoms with Crippen LogP contribution in [-0.4, -0.2) is 40.4 Å². The largest absolute Gasteiger partial charge is 0.465 e. The normalized spacial score (nSPS) is 10.1. The van der Waals surface area contributed by atoms with Crippen molar-refractivity contribution in [1.82, 2.24) is 20.8 Å². The predicted molar refractivity (Wildman–Crippen MR) is 72.3 cm³/mol. The molecule has 7 nitrogen and oxygen atoms in total. The Morgan fingerprint density at radius 2 is 1.86 bits per heavy atom. The Balaban J connectivity index is 2.04. The van der Waals surface area contributed by atoms with Gasteiger partial charge in [-0.2, -0.15) is 5.10 Å². The number of nitrogens with zero attached hydrogens (tertiary/aromatic N) is 1. The van der Waals surface area contributed by atoms with Gasteiger partial charge in [0.2, 0.25) is 0 Å². The van der Waals surface area contributed by atoms with Crippen LogP contribution in [0.4, 0.5) is 9.18 Å². The highest BCUT2D eigenvalue weighted by atomic mass is 19.1. The van der Waals surface area contributed by atoms with Crippen LogP contribution in [0.15, 0.2) is 30.5 Å². The number of aromatic amines is 1. The van der Waals surface area contributed by atoms with Crippen molar-refractivity contribution < 1.29 is 19.1 Å². The van der Waals surface area contributed by atoms with Crippen LogP contribution < -0.4 is 10.6 Å². The molecule has 21 heavy (non-hydrogen) atoms. The fourth-order valence-corrected chi connectivity index (χ4v) is 1.74. The van der Waals surface area contributed by atoms with E-state index in [1.54, 1.807) is 12.1 Å². The van der Waals surface area contributed by atoms with Crippen molar-refractivity contribution in [3.63, 3.8) is 0 Å². The molecule has 0 aliphatic carbocycles. The lowest BCUT2D eigenvalue weighted by Gasteiger charge is -2.05. The topological polar surface area (TPSA) is 107 Å². The zero-order chi connectivity index (χ0) is 15.2. The third-order valence-corrected chi connectivity index (χ3v) is 2.70. The summed E-state index contributed by atoms with van der Waals surface area (Å²) in [6.07, 6.45) is 0.383. The summed E-state index contributed by atoms with van der Waals surface area (Å²) < 4.78 is 12.9. The second-order valence-corrected chi connectivity index (χ2v) is 4.14. The zero-order valence-corrected chi connectivity index (χ0v) is 10.9. The van der Waals surface area contributed by atoms with Gasteiger partial charge >= 0.3 is 6.09 Å². The molecule has 0 saturated carbocycles. The van der Waals surface area contributed by atoms with Crippen LogP contribution in [0.25, 0.3) is 11.1 Å². The van der Waals surface area contributed by atoms with E-state index in [0.717, 1.165) is 0 Å².